The molecule has 0 aliphatic heterocycles. The molecular weight excluding hydrogens is 325 g/mol. The van der Waals surface area contributed by atoms with Gasteiger partial charge in [-0.15, -0.1) is 12.4 Å². The lowest BCUT2D eigenvalue weighted by atomic mass is 9.95. The lowest BCUT2D eigenvalue weighted by Gasteiger charge is -2.19. The zero-order valence-electron chi connectivity index (χ0n) is 11.4. The predicted octanol–water partition coefficient (Wildman–Crippen LogP) is 3.11. The topological polar surface area (TPSA) is 55.1 Å². The molecule has 1 rings (SSSR count). The van der Waals surface area contributed by atoms with Crippen molar-refractivity contribution in [3.8, 4) is 0 Å². The maximum Gasteiger partial charge on any atom is 0.441 e. The molecular formula is C13H18ClF3N2OS. The van der Waals surface area contributed by atoms with Crippen LogP contribution in [0.1, 0.15) is 18.5 Å². The molecule has 120 valence electrons. The maximum absolute atomic E-state index is 11.9. The Hall–Kier alpha value is -0.920. The number of carbonyl (C=O) groups excluding carboxylic acids is 1. The highest BCUT2D eigenvalue weighted by molar-refractivity contribution is 8.00. The van der Waals surface area contributed by atoms with Crippen molar-refractivity contribution in [2.75, 3.05) is 12.3 Å². The van der Waals surface area contributed by atoms with Crippen molar-refractivity contribution in [3.63, 3.8) is 0 Å². The highest BCUT2D eigenvalue weighted by atomic mass is 35.5. The van der Waals surface area contributed by atoms with Crippen LogP contribution in [0.15, 0.2) is 30.3 Å². The van der Waals surface area contributed by atoms with E-state index in [1.165, 1.54) is 0 Å². The number of rotatable bonds is 6. The molecule has 1 aromatic carbocycles. The fourth-order valence-corrected chi connectivity index (χ4v) is 2.06. The highest BCUT2D eigenvalue weighted by Crippen LogP contribution is 2.29. The van der Waals surface area contributed by atoms with Crippen molar-refractivity contribution in [3.05, 3.63) is 35.9 Å². The van der Waals surface area contributed by atoms with Crippen molar-refractivity contribution in [1.82, 2.24) is 5.32 Å². The second kappa shape index (κ2) is 9.17. The standard InChI is InChI=1S/C13H17F3N2OS.ClH/c1-9(11(17)10-5-3-2-4-6-10)12(19)18-7-8-20-13(14,15)16;/h2-6,9,11H,7-8,17H2,1H3,(H,18,19);1H. The lowest BCUT2D eigenvalue weighted by Crippen LogP contribution is -2.36. The van der Waals surface area contributed by atoms with E-state index >= 15 is 0 Å². The van der Waals surface area contributed by atoms with E-state index in [2.05, 4.69) is 5.32 Å². The fraction of sp³-hybridized carbons (Fsp3) is 0.462. The van der Waals surface area contributed by atoms with Crippen LogP contribution >= 0.6 is 24.2 Å². The Morgan fingerprint density at radius 1 is 1.33 bits per heavy atom. The Bertz CT molecular complexity index is 431. The Labute approximate surface area is 132 Å². The molecule has 0 saturated heterocycles. The molecule has 0 bridgehead atoms. The number of amides is 1. The summed E-state index contributed by atoms with van der Waals surface area (Å²) in [6.45, 7) is 1.62. The fourth-order valence-electron chi connectivity index (χ4n) is 1.63. The van der Waals surface area contributed by atoms with E-state index in [0.29, 0.717) is 0 Å². The number of benzene rings is 1. The van der Waals surface area contributed by atoms with Gasteiger partial charge in [0.15, 0.2) is 0 Å². The van der Waals surface area contributed by atoms with Gasteiger partial charge in [0.2, 0.25) is 5.91 Å². The van der Waals surface area contributed by atoms with Crippen molar-refractivity contribution in [1.29, 1.82) is 0 Å². The Balaban J connectivity index is 0.00000400. The van der Waals surface area contributed by atoms with E-state index in [9.17, 15) is 18.0 Å². The van der Waals surface area contributed by atoms with Crippen LogP contribution in [0.25, 0.3) is 0 Å². The van der Waals surface area contributed by atoms with Crippen molar-refractivity contribution >= 4 is 30.1 Å². The molecule has 0 fully saturated rings. The van der Waals surface area contributed by atoms with Gasteiger partial charge in [0, 0.05) is 18.3 Å². The monoisotopic (exact) mass is 342 g/mol. The zero-order chi connectivity index (χ0) is 15.2. The maximum atomic E-state index is 11.9. The number of nitrogens with one attached hydrogen (secondary N) is 1. The van der Waals surface area contributed by atoms with Crippen LogP contribution in [0.4, 0.5) is 13.2 Å². The average Bonchev–Trinajstić information content (AvgIpc) is 2.41. The molecule has 0 saturated carbocycles. The molecule has 0 aliphatic rings. The van der Waals surface area contributed by atoms with Gasteiger partial charge in [0.25, 0.3) is 0 Å². The molecule has 3 N–H and O–H groups in total. The Morgan fingerprint density at radius 3 is 2.43 bits per heavy atom. The van der Waals surface area contributed by atoms with Crippen LogP contribution in [-0.2, 0) is 4.79 Å². The van der Waals surface area contributed by atoms with Gasteiger partial charge >= 0.3 is 5.51 Å². The summed E-state index contributed by atoms with van der Waals surface area (Å²) < 4.78 is 35.8. The summed E-state index contributed by atoms with van der Waals surface area (Å²) in [6, 6.07) is 8.63. The van der Waals surface area contributed by atoms with Crippen LogP contribution in [0.2, 0.25) is 0 Å². The molecule has 3 nitrogen and oxygen atoms in total. The van der Waals surface area contributed by atoms with Gasteiger partial charge < -0.3 is 11.1 Å². The molecule has 2 atom stereocenters. The largest absolute Gasteiger partial charge is 0.441 e. The van der Waals surface area contributed by atoms with Crippen LogP contribution in [0.5, 0.6) is 0 Å². The SMILES string of the molecule is CC(C(=O)NCCSC(F)(F)F)C(N)c1ccccc1.Cl. The van der Waals surface area contributed by atoms with Crippen molar-refractivity contribution < 1.29 is 18.0 Å². The van der Waals surface area contributed by atoms with E-state index in [1.807, 2.05) is 30.3 Å². The number of hydrogen-bond acceptors (Lipinski definition) is 3. The van der Waals surface area contributed by atoms with Gasteiger partial charge in [0.05, 0.1) is 5.92 Å². The minimum absolute atomic E-state index is 0. The second-order valence-electron chi connectivity index (χ2n) is 4.31. The molecule has 8 heteroatoms. The van der Waals surface area contributed by atoms with Crippen LogP contribution in [0.3, 0.4) is 0 Å². The normalized spacial score (nSPS) is 14.0. The summed E-state index contributed by atoms with van der Waals surface area (Å²) in [5, 5.41) is 2.47. The van der Waals surface area contributed by atoms with Gasteiger partial charge in [-0.2, -0.15) is 13.2 Å². The van der Waals surface area contributed by atoms with Crippen LogP contribution in [-0.4, -0.2) is 23.7 Å². The summed E-state index contributed by atoms with van der Waals surface area (Å²) in [5.41, 5.74) is 2.52. The second-order valence-corrected chi connectivity index (χ2v) is 5.47. The van der Waals surface area contributed by atoms with E-state index < -0.39 is 17.5 Å². The molecule has 0 aromatic heterocycles. The summed E-state index contributed by atoms with van der Waals surface area (Å²) in [7, 11) is 0. The summed E-state index contributed by atoms with van der Waals surface area (Å²) in [6.07, 6.45) is 0. The molecule has 0 spiro atoms. The lowest BCUT2D eigenvalue weighted by molar-refractivity contribution is -0.125. The van der Waals surface area contributed by atoms with Crippen molar-refractivity contribution in [2.45, 2.75) is 18.5 Å². The van der Waals surface area contributed by atoms with Gasteiger partial charge in [-0.25, -0.2) is 0 Å². The zero-order valence-corrected chi connectivity index (χ0v) is 13.0. The first-order valence-corrected chi connectivity index (χ1v) is 7.09. The molecule has 0 heterocycles. The minimum Gasteiger partial charge on any atom is -0.355 e. The number of hydrogen-bond donors (Lipinski definition) is 2. The van der Waals surface area contributed by atoms with E-state index in [0.717, 1.165) is 5.56 Å². The van der Waals surface area contributed by atoms with Crippen molar-refractivity contribution in [2.24, 2.45) is 11.7 Å². The van der Waals surface area contributed by atoms with Crippen LogP contribution in [0, 0.1) is 5.92 Å². The first-order chi connectivity index (χ1) is 9.31. The first-order valence-electron chi connectivity index (χ1n) is 6.10. The molecule has 1 aromatic rings. The molecule has 0 aliphatic carbocycles. The number of halogens is 4. The van der Waals surface area contributed by atoms with E-state index in [1.54, 1.807) is 6.92 Å². The third-order valence-electron chi connectivity index (χ3n) is 2.80. The molecule has 1 amide bonds. The van der Waals surface area contributed by atoms with E-state index in [-0.39, 0.29) is 42.4 Å². The third kappa shape index (κ3) is 7.59. The van der Waals surface area contributed by atoms with Gasteiger partial charge in [0.1, 0.15) is 0 Å². The molecule has 21 heavy (non-hydrogen) atoms. The van der Waals surface area contributed by atoms with Crippen LogP contribution < -0.4 is 11.1 Å². The first kappa shape index (κ1) is 20.1. The summed E-state index contributed by atoms with van der Waals surface area (Å²) in [4.78, 5) is 11.8. The molecule has 2 unspecified atom stereocenters. The van der Waals surface area contributed by atoms with E-state index in [4.69, 9.17) is 5.73 Å². The quantitative estimate of drug-likeness (QED) is 0.781. The summed E-state index contributed by atoms with van der Waals surface area (Å²) in [5.74, 6) is -1.06. The highest BCUT2D eigenvalue weighted by Gasteiger charge is 2.28. The smallest absolute Gasteiger partial charge is 0.355 e. The van der Waals surface area contributed by atoms with Gasteiger partial charge in [-0.3, -0.25) is 4.79 Å². The number of nitrogens with two attached hydrogens (primary N) is 1. The minimum atomic E-state index is -4.27. The number of thioether (sulfide) groups is 1. The number of alkyl halides is 3. The average molecular weight is 343 g/mol. The van der Waals surface area contributed by atoms with Gasteiger partial charge in [-0.1, -0.05) is 37.3 Å². The Morgan fingerprint density at radius 2 is 1.90 bits per heavy atom. The third-order valence-corrected chi connectivity index (χ3v) is 3.54. The predicted molar refractivity (Wildman–Crippen MR) is 81.3 cm³/mol. The van der Waals surface area contributed by atoms with Gasteiger partial charge in [-0.05, 0) is 17.3 Å². The molecule has 0 radical (unpaired) electrons. The Kier molecular flexibility index (Phi) is 8.77. The number of carbonyl (C=O) groups is 1. The summed E-state index contributed by atoms with van der Waals surface area (Å²) >= 11 is -0.154.